The van der Waals surface area contributed by atoms with Crippen LogP contribution in [-0.4, -0.2) is 42.6 Å². The third-order valence-electron chi connectivity index (χ3n) is 4.60. The number of nitrogens with one attached hydrogen (secondary N) is 1. The molecule has 146 valence electrons. The van der Waals surface area contributed by atoms with Crippen molar-refractivity contribution in [3.8, 4) is 5.75 Å². The number of aromatic hydroxyl groups is 1. The van der Waals surface area contributed by atoms with E-state index in [1.807, 2.05) is 32.8 Å². The number of carbonyl (C=O) groups excluding carboxylic acids is 1. The molecule has 4 nitrogen and oxygen atoms in total. The van der Waals surface area contributed by atoms with Gasteiger partial charge >= 0.3 is 0 Å². The molecule has 7 heteroatoms. The summed E-state index contributed by atoms with van der Waals surface area (Å²) in [6, 6.07) is 5.19. The lowest BCUT2D eigenvalue weighted by molar-refractivity contribution is 0.0940. The average molecular weight is 397 g/mol. The number of carbonyl (C=O) groups is 1. The van der Waals surface area contributed by atoms with E-state index in [1.165, 1.54) is 0 Å². The molecule has 27 heavy (non-hydrogen) atoms. The molecule has 2 aromatic carbocycles. The molecule has 0 saturated carbocycles. The number of phenolic OH excluding ortho intramolecular Hbond substituents is 1. The number of likely N-dealkylation sites (N-methyl/N-ethyl adjacent to an activating group) is 1. The second-order valence-electron chi connectivity index (χ2n) is 6.84. The summed E-state index contributed by atoms with van der Waals surface area (Å²) in [6.07, 6.45) is 0.647. The molecule has 2 N–H and O–H groups in total. The van der Waals surface area contributed by atoms with Crippen LogP contribution in [0.15, 0.2) is 24.3 Å². The van der Waals surface area contributed by atoms with Crippen molar-refractivity contribution in [1.29, 1.82) is 0 Å². The molecular formula is C20H23ClF2N2O2. The van der Waals surface area contributed by atoms with Gasteiger partial charge in [0.25, 0.3) is 5.91 Å². The molecule has 0 aliphatic rings. The number of benzene rings is 2. The summed E-state index contributed by atoms with van der Waals surface area (Å²) in [7, 11) is 3.78. The van der Waals surface area contributed by atoms with Crippen molar-refractivity contribution in [3.63, 3.8) is 0 Å². The number of aryl methyl sites for hydroxylation is 2. The fraction of sp³-hybridized carbons (Fsp3) is 0.350. The number of amides is 1. The van der Waals surface area contributed by atoms with Gasteiger partial charge in [-0.3, -0.25) is 4.79 Å². The highest BCUT2D eigenvalue weighted by atomic mass is 35.5. The third kappa shape index (κ3) is 5.17. The Kier molecular flexibility index (Phi) is 6.78. The molecule has 0 aliphatic carbocycles. The normalized spacial score (nSPS) is 12.3. The zero-order valence-electron chi connectivity index (χ0n) is 15.7. The van der Waals surface area contributed by atoms with Crippen LogP contribution in [-0.2, 0) is 6.42 Å². The SMILES string of the molecule is Cc1cc(O)cc(C)c1C[C@@H](CNC(=O)c1cc(F)c(Cl)c(F)c1)N(C)C. The highest BCUT2D eigenvalue weighted by Crippen LogP contribution is 2.23. The number of nitrogens with zero attached hydrogens (tertiary/aromatic N) is 1. The van der Waals surface area contributed by atoms with Crippen molar-refractivity contribution < 1.29 is 18.7 Å². The van der Waals surface area contributed by atoms with E-state index in [9.17, 15) is 18.7 Å². The molecule has 0 radical (unpaired) electrons. The smallest absolute Gasteiger partial charge is 0.251 e. The maximum absolute atomic E-state index is 13.6. The molecule has 0 heterocycles. The lowest BCUT2D eigenvalue weighted by Gasteiger charge is -2.26. The average Bonchev–Trinajstić information content (AvgIpc) is 2.57. The minimum Gasteiger partial charge on any atom is -0.508 e. The van der Waals surface area contributed by atoms with E-state index in [1.54, 1.807) is 12.1 Å². The number of rotatable bonds is 6. The highest BCUT2D eigenvalue weighted by Gasteiger charge is 2.19. The van der Waals surface area contributed by atoms with Crippen LogP contribution in [0.1, 0.15) is 27.0 Å². The Morgan fingerprint density at radius 1 is 1.15 bits per heavy atom. The Hall–Kier alpha value is -2.18. The Morgan fingerprint density at radius 3 is 2.15 bits per heavy atom. The predicted molar refractivity (Wildman–Crippen MR) is 102 cm³/mol. The van der Waals surface area contributed by atoms with Gasteiger partial charge in [0.1, 0.15) is 22.4 Å². The first kappa shape index (κ1) is 21.1. The quantitative estimate of drug-likeness (QED) is 0.729. The van der Waals surface area contributed by atoms with Gasteiger partial charge in [-0.2, -0.15) is 0 Å². The fourth-order valence-corrected chi connectivity index (χ4v) is 3.07. The van der Waals surface area contributed by atoms with Gasteiger partial charge in [-0.25, -0.2) is 8.78 Å². The summed E-state index contributed by atoms with van der Waals surface area (Å²) in [5.74, 6) is -2.30. The zero-order chi connectivity index (χ0) is 20.3. The molecule has 0 saturated heterocycles. The van der Waals surface area contributed by atoms with Gasteiger partial charge in [-0.15, -0.1) is 0 Å². The maximum atomic E-state index is 13.6. The van der Waals surface area contributed by atoms with Gasteiger partial charge < -0.3 is 15.3 Å². The lowest BCUT2D eigenvalue weighted by Crippen LogP contribution is -2.42. The van der Waals surface area contributed by atoms with Gasteiger partial charge in [-0.05, 0) is 75.3 Å². The molecule has 1 amide bonds. The van der Waals surface area contributed by atoms with E-state index in [0.717, 1.165) is 28.8 Å². The van der Waals surface area contributed by atoms with Crippen LogP contribution in [0.5, 0.6) is 5.75 Å². The number of phenols is 1. The molecule has 2 aromatic rings. The van der Waals surface area contributed by atoms with Crippen LogP contribution in [0.3, 0.4) is 0 Å². The number of halogens is 3. The Morgan fingerprint density at radius 2 is 1.67 bits per heavy atom. The molecule has 0 spiro atoms. The van der Waals surface area contributed by atoms with E-state index in [-0.39, 0.29) is 23.9 Å². The molecule has 2 rings (SSSR count). The second kappa shape index (κ2) is 8.67. The van der Waals surface area contributed by atoms with Crippen molar-refractivity contribution in [3.05, 3.63) is 63.2 Å². The first-order valence-corrected chi connectivity index (χ1v) is 8.86. The first-order valence-electron chi connectivity index (χ1n) is 8.48. The first-order chi connectivity index (χ1) is 12.6. The van der Waals surface area contributed by atoms with E-state index in [4.69, 9.17) is 11.6 Å². The van der Waals surface area contributed by atoms with Crippen LogP contribution >= 0.6 is 11.6 Å². The van der Waals surface area contributed by atoms with E-state index < -0.39 is 22.6 Å². The molecule has 0 bridgehead atoms. The molecule has 0 aromatic heterocycles. The van der Waals surface area contributed by atoms with Crippen molar-refractivity contribution in [1.82, 2.24) is 10.2 Å². The Balaban J connectivity index is 2.12. The van der Waals surface area contributed by atoms with E-state index >= 15 is 0 Å². The van der Waals surface area contributed by atoms with Crippen molar-refractivity contribution in [2.45, 2.75) is 26.3 Å². The summed E-state index contributed by atoms with van der Waals surface area (Å²) in [5, 5.41) is 11.8. The van der Waals surface area contributed by atoms with Crippen LogP contribution in [0.25, 0.3) is 0 Å². The third-order valence-corrected chi connectivity index (χ3v) is 4.96. The maximum Gasteiger partial charge on any atom is 0.251 e. The zero-order valence-corrected chi connectivity index (χ0v) is 16.5. The largest absolute Gasteiger partial charge is 0.508 e. The fourth-order valence-electron chi connectivity index (χ4n) is 2.96. The van der Waals surface area contributed by atoms with E-state index in [2.05, 4.69) is 5.32 Å². The summed E-state index contributed by atoms with van der Waals surface area (Å²) < 4.78 is 27.1. The minimum atomic E-state index is -0.971. The molecule has 0 aliphatic heterocycles. The Bertz CT molecular complexity index is 810. The van der Waals surface area contributed by atoms with Gasteiger partial charge in [0.05, 0.1) is 0 Å². The van der Waals surface area contributed by atoms with Gasteiger partial charge in [0.15, 0.2) is 0 Å². The lowest BCUT2D eigenvalue weighted by atomic mass is 9.95. The highest BCUT2D eigenvalue weighted by molar-refractivity contribution is 6.31. The van der Waals surface area contributed by atoms with Gasteiger partial charge in [0, 0.05) is 18.2 Å². The van der Waals surface area contributed by atoms with Crippen molar-refractivity contribution in [2.24, 2.45) is 0 Å². The van der Waals surface area contributed by atoms with Crippen LogP contribution < -0.4 is 5.32 Å². The van der Waals surface area contributed by atoms with Crippen LogP contribution in [0.4, 0.5) is 8.78 Å². The molecule has 0 fully saturated rings. The Labute approximate surface area is 162 Å². The van der Waals surface area contributed by atoms with Crippen LogP contribution in [0.2, 0.25) is 5.02 Å². The van der Waals surface area contributed by atoms with Gasteiger partial charge in [0.2, 0.25) is 0 Å². The summed E-state index contributed by atoms with van der Waals surface area (Å²) >= 11 is 5.45. The molecule has 1 atom stereocenters. The summed E-state index contributed by atoms with van der Waals surface area (Å²) in [6.45, 7) is 4.14. The van der Waals surface area contributed by atoms with E-state index in [0.29, 0.717) is 6.42 Å². The summed E-state index contributed by atoms with van der Waals surface area (Å²) in [5.41, 5.74) is 2.90. The standard InChI is InChI=1S/C20H23ClF2N2O2/c1-11-5-15(26)6-12(2)16(11)9-14(25(3)4)10-24-20(27)13-7-17(22)19(21)18(23)8-13/h5-8,14,26H,9-10H2,1-4H3,(H,24,27)/t14-/m0/s1. The number of hydrogen-bond donors (Lipinski definition) is 2. The van der Waals surface area contributed by atoms with Crippen molar-refractivity contribution in [2.75, 3.05) is 20.6 Å². The van der Waals surface area contributed by atoms with Crippen LogP contribution in [0, 0.1) is 25.5 Å². The summed E-state index contributed by atoms with van der Waals surface area (Å²) in [4.78, 5) is 14.2. The second-order valence-corrected chi connectivity index (χ2v) is 7.22. The molecule has 0 unspecified atom stereocenters. The monoisotopic (exact) mass is 396 g/mol. The minimum absolute atomic E-state index is 0.0436. The number of hydrogen-bond acceptors (Lipinski definition) is 3. The predicted octanol–water partition coefficient (Wildman–Crippen LogP) is 3.84. The topological polar surface area (TPSA) is 52.6 Å². The van der Waals surface area contributed by atoms with Crippen molar-refractivity contribution >= 4 is 17.5 Å². The van der Waals surface area contributed by atoms with Gasteiger partial charge in [-0.1, -0.05) is 11.6 Å². The molecular weight excluding hydrogens is 374 g/mol.